The first-order chi connectivity index (χ1) is 11.4. The summed E-state index contributed by atoms with van der Waals surface area (Å²) in [6.45, 7) is 1.37. The van der Waals surface area contributed by atoms with Crippen molar-refractivity contribution in [2.75, 3.05) is 21.3 Å². The molecule has 0 saturated carbocycles. The molecule has 0 aliphatic heterocycles. The van der Waals surface area contributed by atoms with Crippen LogP contribution in [-0.2, 0) is 14.3 Å². The fourth-order valence-corrected chi connectivity index (χ4v) is 2.60. The summed E-state index contributed by atoms with van der Waals surface area (Å²) in [7, 11) is 4.10. The minimum atomic E-state index is -0.905. The molecule has 1 heterocycles. The van der Waals surface area contributed by atoms with Gasteiger partial charge in [0.2, 0.25) is 5.75 Å². The predicted molar refractivity (Wildman–Crippen MR) is 85.6 cm³/mol. The highest BCUT2D eigenvalue weighted by Crippen LogP contribution is 2.38. The predicted octanol–water partition coefficient (Wildman–Crippen LogP) is 2.05. The van der Waals surface area contributed by atoms with Gasteiger partial charge in [-0.15, -0.1) is 0 Å². The van der Waals surface area contributed by atoms with Crippen LogP contribution in [0.15, 0.2) is 27.4 Å². The number of methoxy groups -OCH3 is 3. The molecule has 0 N–H and O–H groups in total. The average Bonchev–Trinajstić information content (AvgIpc) is 2.56. The Balaban J connectivity index is 2.80. The summed E-state index contributed by atoms with van der Waals surface area (Å²) in [6, 6.07) is 4.47. The van der Waals surface area contributed by atoms with Gasteiger partial charge in [0, 0.05) is 17.9 Å². The van der Waals surface area contributed by atoms with Gasteiger partial charge in [0.15, 0.2) is 11.3 Å². The molecule has 0 amide bonds. The second-order valence-corrected chi connectivity index (χ2v) is 5.18. The highest BCUT2D eigenvalue weighted by Gasteiger charge is 2.27. The van der Waals surface area contributed by atoms with Gasteiger partial charge in [-0.3, -0.25) is 9.59 Å². The average molecular weight is 334 g/mol. The van der Waals surface area contributed by atoms with E-state index in [9.17, 15) is 14.4 Å². The highest BCUT2D eigenvalue weighted by atomic mass is 16.5. The van der Waals surface area contributed by atoms with Gasteiger partial charge in [-0.2, -0.15) is 0 Å². The maximum atomic E-state index is 12.1. The Morgan fingerprint density at radius 2 is 1.88 bits per heavy atom. The van der Waals surface area contributed by atoms with Crippen molar-refractivity contribution in [1.29, 1.82) is 0 Å². The fourth-order valence-electron chi connectivity index (χ4n) is 2.60. The lowest BCUT2D eigenvalue weighted by atomic mass is 9.91. The van der Waals surface area contributed by atoms with Gasteiger partial charge in [-0.25, -0.2) is 4.79 Å². The number of ether oxygens (including phenoxy) is 3. The van der Waals surface area contributed by atoms with Crippen molar-refractivity contribution < 1.29 is 28.2 Å². The van der Waals surface area contributed by atoms with Gasteiger partial charge >= 0.3 is 11.6 Å². The number of hydrogen-bond acceptors (Lipinski definition) is 7. The quantitative estimate of drug-likeness (QED) is 0.589. The van der Waals surface area contributed by atoms with E-state index in [-0.39, 0.29) is 23.5 Å². The topological polar surface area (TPSA) is 92.0 Å². The van der Waals surface area contributed by atoms with E-state index in [2.05, 4.69) is 0 Å². The molecule has 0 spiro atoms. The monoisotopic (exact) mass is 334 g/mol. The second kappa shape index (κ2) is 7.16. The Morgan fingerprint density at radius 3 is 2.42 bits per heavy atom. The van der Waals surface area contributed by atoms with E-state index in [1.807, 2.05) is 0 Å². The van der Waals surface area contributed by atoms with Crippen LogP contribution >= 0.6 is 0 Å². The van der Waals surface area contributed by atoms with E-state index in [0.29, 0.717) is 16.7 Å². The fraction of sp³-hybridized carbons (Fsp3) is 0.353. The molecule has 1 aromatic heterocycles. The lowest BCUT2D eigenvalue weighted by Crippen LogP contribution is -2.19. The molecular formula is C17H18O7. The van der Waals surface area contributed by atoms with Crippen molar-refractivity contribution in [3.63, 3.8) is 0 Å². The number of hydrogen-bond donors (Lipinski definition) is 0. The molecule has 0 bridgehead atoms. The smallest absolute Gasteiger partial charge is 0.336 e. The number of rotatable bonds is 6. The number of carbonyl (C=O) groups is 2. The minimum Gasteiger partial charge on any atom is -0.493 e. The van der Waals surface area contributed by atoms with E-state index in [1.165, 1.54) is 34.3 Å². The zero-order valence-corrected chi connectivity index (χ0v) is 13.9. The van der Waals surface area contributed by atoms with E-state index in [4.69, 9.17) is 18.6 Å². The molecule has 0 aliphatic rings. The van der Waals surface area contributed by atoms with Crippen LogP contribution in [0.1, 0.15) is 24.8 Å². The van der Waals surface area contributed by atoms with Crippen molar-refractivity contribution in [3.8, 4) is 11.5 Å². The van der Waals surface area contributed by atoms with Gasteiger partial charge in [0.05, 0.1) is 27.2 Å². The SMILES string of the molecule is COC(=O)C(CC(C)=O)c1cc(=O)oc2c(OC)c(OC)ccc12. The Bertz CT molecular complexity index is 835. The second-order valence-electron chi connectivity index (χ2n) is 5.18. The van der Waals surface area contributed by atoms with Crippen LogP contribution in [0.2, 0.25) is 0 Å². The first-order valence-corrected chi connectivity index (χ1v) is 7.18. The third kappa shape index (κ3) is 3.24. The molecule has 1 unspecified atom stereocenters. The lowest BCUT2D eigenvalue weighted by Gasteiger charge is -2.16. The molecular weight excluding hydrogens is 316 g/mol. The van der Waals surface area contributed by atoms with Crippen molar-refractivity contribution in [2.45, 2.75) is 19.3 Å². The Labute approximate surface area is 138 Å². The molecule has 2 aromatic rings. The standard InChI is InChI=1S/C17H18O7/c1-9(18)7-12(17(20)23-4)11-8-14(19)24-15-10(11)5-6-13(21-2)16(15)22-3/h5-6,8,12H,7H2,1-4H3. The number of Topliss-reactive ketones (excluding diaryl/α,β-unsaturated/α-hetero) is 1. The lowest BCUT2D eigenvalue weighted by molar-refractivity contribution is -0.143. The van der Waals surface area contributed by atoms with Gasteiger partial charge in [0.1, 0.15) is 5.78 Å². The van der Waals surface area contributed by atoms with Gasteiger partial charge in [-0.05, 0) is 24.6 Å². The molecule has 2 rings (SSSR count). The Kier molecular flexibility index (Phi) is 5.23. The summed E-state index contributed by atoms with van der Waals surface area (Å²) in [5.41, 5.74) is -0.164. The van der Waals surface area contributed by atoms with Gasteiger partial charge in [-0.1, -0.05) is 0 Å². The zero-order valence-electron chi connectivity index (χ0n) is 13.9. The van der Waals surface area contributed by atoms with Crippen LogP contribution in [0, 0.1) is 0 Å². The first-order valence-electron chi connectivity index (χ1n) is 7.18. The Hall–Kier alpha value is -2.83. The summed E-state index contributed by atoms with van der Waals surface area (Å²) in [5, 5.41) is 0.476. The molecule has 1 aromatic carbocycles. The minimum absolute atomic E-state index is 0.0838. The van der Waals surface area contributed by atoms with Gasteiger partial charge in [0.25, 0.3) is 0 Å². The van der Waals surface area contributed by atoms with Gasteiger partial charge < -0.3 is 18.6 Å². The van der Waals surface area contributed by atoms with Crippen LogP contribution in [0.25, 0.3) is 11.0 Å². The molecule has 24 heavy (non-hydrogen) atoms. The highest BCUT2D eigenvalue weighted by molar-refractivity contribution is 5.94. The van der Waals surface area contributed by atoms with E-state index >= 15 is 0 Å². The van der Waals surface area contributed by atoms with Crippen LogP contribution < -0.4 is 15.1 Å². The largest absolute Gasteiger partial charge is 0.493 e. The van der Waals surface area contributed by atoms with E-state index in [0.717, 1.165) is 0 Å². The third-order valence-corrected chi connectivity index (χ3v) is 3.64. The van der Waals surface area contributed by atoms with Crippen molar-refractivity contribution in [2.24, 2.45) is 0 Å². The van der Waals surface area contributed by atoms with Crippen molar-refractivity contribution in [1.82, 2.24) is 0 Å². The van der Waals surface area contributed by atoms with Crippen LogP contribution in [0.5, 0.6) is 11.5 Å². The molecule has 0 fully saturated rings. The number of carbonyl (C=O) groups excluding carboxylic acids is 2. The molecule has 128 valence electrons. The summed E-state index contributed by atoms with van der Waals surface area (Å²) in [4.78, 5) is 35.6. The molecule has 0 saturated heterocycles. The molecule has 7 heteroatoms. The number of esters is 1. The summed E-state index contributed by atoms with van der Waals surface area (Å²) in [6.07, 6.45) is -0.0838. The zero-order chi connectivity index (χ0) is 17.9. The number of fused-ring (bicyclic) bond motifs is 1. The number of benzene rings is 1. The first kappa shape index (κ1) is 17.5. The molecule has 1 atom stereocenters. The van der Waals surface area contributed by atoms with Crippen LogP contribution in [0.3, 0.4) is 0 Å². The van der Waals surface area contributed by atoms with Crippen molar-refractivity contribution in [3.05, 3.63) is 34.2 Å². The third-order valence-electron chi connectivity index (χ3n) is 3.64. The number of ketones is 1. The van der Waals surface area contributed by atoms with Crippen LogP contribution in [-0.4, -0.2) is 33.1 Å². The molecule has 0 radical (unpaired) electrons. The normalized spacial score (nSPS) is 11.8. The summed E-state index contributed by atoms with van der Waals surface area (Å²) < 4.78 is 20.5. The maximum Gasteiger partial charge on any atom is 0.336 e. The van der Waals surface area contributed by atoms with E-state index in [1.54, 1.807) is 12.1 Å². The van der Waals surface area contributed by atoms with Crippen LogP contribution in [0.4, 0.5) is 0 Å². The van der Waals surface area contributed by atoms with E-state index < -0.39 is 17.5 Å². The van der Waals surface area contributed by atoms with Crippen molar-refractivity contribution >= 4 is 22.7 Å². The summed E-state index contributed by atoms with van der Waals surface area (Å²) in [5.74, 6) is -1.09. The summed E-state index contributed by atoms with van der Waals surface area (Å²) >= 11 is 0. The Morgan fingerprint density at radius 1 is 1.17 bits per heavy atom. The maximum absolute atomic E-state index is 12.1. The molecule has 0 aliphatic carbocycles. The molecule has 7 nitrogen and oxygen atoms in total.